The van der Waals surface area contributed by atoms with Crippen molar-refractivity contribution >= 4 is 17.9 Å². The van der Waals surface area contributed by atoms with Crippen molar-refractivity contribution < 1.29 is 29.7 Å². The van der Waals surface area contributed by atoms with Gasteiger partial charge in [-0.15, -0.1) is 0 Å². The zero-order valence-electron chi connectivity index (χ0n) is 12.2. The second-order valence-corrected chi connectivity index (χ2v) is 3.86. The average molecular weight is 309 g/mol. The van der Waals surface area contributed by atoms with Gasteiger partial charge in [-0.1, -0.05) is 0 Å². The van der Waals surface area contributed by atoms with Crippen LogP contribution in [0.25, 0.3) is 0 Å². The maximum atomic E-state index is 9.83. The first-order valence-corrected chi connectivity index (χ1v) is 6.57. The summed E-state index contributed by atoms with van der Waals surface area (Å²) in [6, 6.07) is 0. The van der Waals surface area contributed by atoms with Crippen LogP contribution in [0.2, 0.25) is 0 Å². The van der Waals surface area contributed by atoms with Crippen LogP contribution in [0, 0.1) is 0 Å². The van der Waals surface area contributed by atoms with Gasteiger partial charge in [-0.25, -0.2) is 0 Å². The smallest absolute Gasteiger partial charge is 0.304 e. The van der Waals surface area contributed by atoms with Gasteiger partial charge in [0.25, 0.3) is 0 Å². The number of nitrogens with two attached hydrogens (primary N) is 3. The largest absolute Gasteiger partial charge is 0.481 e. The van der Waals surface area contributed by atoms with Crippen molar-refractivity contribution in [2.75, 3.05) is 19.6 Å². The molecule has 0 amide bonds. The van der Waals surface area contributed by atoms with Crippen molar-refractivity contribution in [3.05, 3.63) is 0 Å². The summed E-state index contributed by atoms with van der Waals surface area (Å²) >= 11 is 0. The predicted octanol–water partition coefficient (Wildman–Crippen LogP) is -0.570. The molecule has 0 radical (unpaired) electrons. The molecule has 0 rings (SSSR count). The number of carboxylic acid groups (broad SMARTS) is 3. The predicted molar refractivity (Wildman–Crippen MR) is 77.8 cm³/mol. The molecule has 0 aliphatic heterocycles. The topological polar surface area (TPSA) is 190 Å². The van der Waals surface area contributed by atoms with E-state index in [0.29, 0.717) is 25.9 Å². The highest BCUT2D eigenvalue weighted by molar-refractivity contribution is 5.67. The lowest BCUT2D eigenvalue weighted by Gasteiger charge is -1.90. The summed E-state index contributed by atoms with van der Waals surface area (Å²) in [7, 11) is 0. The van der Waals surface area contributed by atoms with Crippen molar-refractivity contribution in [3.8, 4) is 0 Å². The molecular formula is C12H27N3O6. The number of aliphatic carboxylic acids is 3. The summed E-state index contributed by atoms with van der Waals surface area (Å²) in [5, 5.41) is 23.9. The summed E-state index contributed by atoms with van der Waals surface area (Å²) in [5.74, 6) is -2.35. The van der Waals surface area contributed by atoms with Crippen LogP contribution >= 0.6 is 0 Å². The van der Waals surface area contributed by atoms with Gasteiger partial charge >= 0.3 is 17.9 Å². The molecule has 0 fully saturated rings. The highest BCUT2D eigenvalue weighted by Crippen LogP contribution is 1.91. The first kappa shape index (κ1) is 24.3. The van der Waals surface area contributed by atoms with Gasteiger partial charge in [-0.2, -0.15) is 0 Å². The first-order valence-electron chi connectivity index (χ1n) is 6.57. The molecule has 0 saturated heterocycles. The highest BCUT2D eigenvalue weighted by atomic mass is 16.4. The Morgan fingerprint density at radius 3 is 1.14 bits per heavy atom. The molecule has 0 aromatic carbocycles. The summed E-state index contributed by atoms with van der Waals surface area (Å²) in [5.41, 5.74) is 15.0. The second-order valence-electron chi connectivity index (χ2n) is 3.86. The SMILES string of the molecule is NCCC(=O)O.NCCCC(=O)O.NCCCCC(=O)O. The van der Waals surface area contributed by atoms with Gasteiger partial charge < -0.3 is 32.5 Å². The van der Waals surface area contributed by atoms with Crippen LogP contribution in [0.1, 0.15) is 38.5 Å². The molecule has 0 spiro atoms. The summed E-state index contributed by atoms with van der Waals surface area (Å²) < 4.78 is 0. The monoisotopic (exact) mass is 309 g/mol. The molecular weight excluding hydrogens is 282 g/mol. The molecule has 0 saturated carbocycles. The van der Waals surface area contributed by atoms with Gasteiger partial charge in [0.15, 0.2) is 0 Å². The Balaban J connectivity index is -0.000000234. The van der Waals surface area contributed by atoms with Crippen LogP contribution < -0.4 is 17.2 Å². The minimum atomic E-state index is -0.836. The summed E-state index contributed by atoms with van der Waals surface area (Å²) in [4.78, 5) is 29.1. The molecule has 9 heteroatoms. The minimum Gasteiger partial charge on any atom is -0.481 e. The number of rotatable bonds is 9. The van der Waals surface area contributed by atoms with Crippen molar-refractivity contribution in [3.63, 3.8) is 0 Å². The molecule has 0 aliphatic carbocycles. The maximum absolute atomic E-state index is 9.83. The van der Waals surface area contributed by atoms with E-state index in [0.717, 1.165) is 6.42 Å². The average Bonchev–Trinajstić information content (AvgIpc) is 2.37. The zero-order valence-corrected chi connectivity index (χ0v) is 12.2. The van der Waals surface area contributed by atoms with Crippen molar-refractivity contribution in [1.29, 1.82) is 0 Å². The maximum Gasteiger partial charge on any atom is 0.304 e. The van der Waals surface area contributed by atoms with E-state index < -0.39 is 17.9 Å². The number of hydrogen-bond donors (Lipinski definition) is 6. The van der Waals surface area contributed by atoms with Crippen molar-refractivity contribution in [1.82, 2.24) is 0 Å². The van der Waals surface area contributed by atoms with Gasteiger partial charge in [-0.3, -0.25) is 14.4 Å². The van der Waals surface area contributed by atoms with Gasteiger partial charge in [0.05, 0.1) is 6.42 Å². The third-order valence-electron chi connectivity index (χ3n) is 1.80. The van der Waals surface area contributed by atoms with Crippen LogP contribution in [0.3, 0.4) is 0 Å². The van der Waals surface area contributed by atoms with Crippen LogP contribution in [-0.2, 0) is 14.4 Å². The number of carboxylic acids is 3. The summed E-state index contributed by atoms with van der Waals surface area (Å²) in [6.07, 6.45) is 2.60. The van der Waals surface area contributed by atoms with E-state index in [1.54, 1.807) is 0 Å². The Morgan fingerprint density at radius 2 is 0.952 bits per heavy atom. The lowest BCUT2D eigenvalue weighted by atomic mass is 10.2. The minimum absolute atomic E-state index is 0.0694. The molecule has 0 atom stereocenters. The molecule has 9 N–H and O–H groups in total. The van der Waals surface area contributed by atoms with Gasteiger partial charge in [0.2, 0.25) is 0 Å². The lowest BCUT2D eigenvalue weighted by molar-refractivity contribution is -0.138. The van der Waals surface area contributed by atoms with Crippen molar-refractivity contribution in [2.24, 2.45) is 17.2 Å². The van der Waals surface area contributed by atoms with E-state index in [2.05, 4.69) is 0 Å². The normalized spacial score (nSPS) is 8.71. The summed E-state index contributed by atoms with van der Waals surface area (Å²) in [6.45, 7) is 1.29. The van der Waals surface area contributed by atoms with Crippen LogP contribution in [0.15, 0.2) is 0 Å². The molecule has 126 valence electrons. The van der Waals surface area contributed by atoms with Gasteiger partial charge in [0.1, 0.15) is 0 Å². The molecule has 0 aliphatic rings. The molecule has 9 nitrogen and oxygen atoms in total. The molecule has 0 aromatic heterocycles. The van der Waals surface area contributed by atoms with Crippen LogP contribution in [-0.4, -0.2) is 52.9 Å². The van der Waals surface area contributed by atoms with E-state index in [1.165, 1.54) is 0 Å². The lowest BCUT2D eigenvalue weighted by Crippen LogP contribution is -2.05. The van der Waals surface area contributed by atoms with Crippen molar-refractivity contribution in [2.45, 2.75) is 38.5 Å². The zero-order chi connectivity index (χ0) is 17.1. The van der Waals surface area contributed by atoms with Gasteiger partial charge in [-0.05, 0) is 32.4 Å². The second kappa shape index (κ2) is 20.6. The molecule has 0 heterocycles. The van der Waals surface area contributed by atoms with Gasteiger partial charge in [0, 0.05) is 19.4 Å². The Morgan fingerprint density at radius 1 is 0.571 bits per heavy atom. The van der Waals surface area contributed by atoms with E-state index in [9.17, 15) is 14.4 Å². The van der Waals surface area contributed by atoms with E-state index in [1.807, 2.05) is 0 Å². The van der Waals surface area contributed by atoms with Crippen LogP contribution in [0.5, 0.6) is 0 Å². The fourth-order valence-electron chi connectivity index (χ4n) is 0.797. The van der Waals surface area contributed by atoms with E-state index >= 15 is 0 Å². The number of carbonyl (C=O) groups is 3. The first-order chi connectivity index (χ1) is 9.81. The number of hydrogen-bond acceptors (Lipinski definition) is 6. The molecule has 0 aromatic rings. The van der Waals surface area contributed by atoms with E-state index in [-0.39, 0.29) is 25.8 Å². The van der Waals surface area contributed by atoms with E-state index in [4.69, 9.17) is 32.5 Å². The third-order valence-corrected chi connectivity index (χ3v) is 1.80. The fraction of sp³-hybridized carbons (Fsp3) is 0.750. The Kier molecular flexibility index (Phi) is 23.9. The van der Waals surface area contributed by atoms with Crippen LogP contribution in [0.4, 0.5) is 0 Å². The highest BCUT2D eigenvalue weighted by Gasteiger charge is 1.93. The number of unbranched alkanes of at least 4 members (excludes halogenated alkanes) is 1. The molecule has 21 heavy (non-hydrogen) atoms. The molecule has 0 bridgehead atoms. The Bertz CT molecular complexity index is 274. The Labute approximate surface area is 124 Å². The Hall–Kier alpha value is -1.71. The molecule has 0 unspecified atom stereocenters. The third kappa shape index (κ3) is 45.8. The fourth-order valence-corrected chi connectivity index (χ4v) is 0.797. The standard InChI is InChI=1S/C5H11NO2.C4H9NO2.C3H7NO2/c6-4-2-1-3-5(7)8;5-3-1-2-4(6)7;4-2-1-3(5)6/h1-4,6H2,(H,7,8);1-3,5H2,(H,6,7);1-2,4H2,(H,5,6). The quantitative estimate of drug-likeness (QED) is 0.303.